The van der Waals surface area contributed by atoms with Crippen molar-refractivity contribution in [3.05, 3.63) is 95.1 Å². The zero-order valence-electron chi connectivity index (χ0n) is 51.3. The maximum atomic E-state index is 14.9. The average molecular weight is 1120 g/mol. The van der Waals surface area contributed by atoms with Gasteiger partial charge in [-0.15, -0.1) is 0 Å². The highest BCUT2D eigenvalue weighted by atomic mass is 19.1. The summed E-state index contributed by atoms with van der Waals surface area (Å²) in [7, 11) is 0. The Hall–Kier alpha value is -4.60. The van der Waals surface area contributed by atoms with E-state index in [-0.39, 0.29) is 23.3 Å². The molecule has 0 unspecified atom stereocenters. The fraction of sp³-hybridized carbons (Fsp3) is 0.690. The van der Waals surface area contributed by atoms with Crippen LogP contribution in [-0.4, -0.2) is 44.1 Å². The second-order valence-electron chi connectivity index (χ2n) is 24.2. The lowest BCUT2D eigenvalue weighted by molar-refractivity contribution is 0.0147. The van der Waals surface area contributed by atoms with Crippen molar-refractivity contribution in [1.29, 1.82) is 0 Å². The minimum atomic E-state index is -0.578. The van der Waals surface area contributed by atoms with Crippen molar-refractivity contribution in [2.24, 2.45) is 11.8 Å². The smallest absolute Gasteiger partial charge is 0.341 e. The number of nitrogens with zero attached hydrogens (tertiary/aromatic N) is 4. The van der Waals surface area contributed by atoms with Crippen molar-refractivity contribution in [2.75, 3.05) is 0 Å². The summed E-state index contributed by atoms with van der Waals surface area (Å²) in [5.41, 5.74) is 3.34. The van der Waals surface area contributed by atoms with E-state index in [0.29, 0.717) is 22.8 Å². The number of carbonyl (C=O) groups excluding carboxylic acids is 2. The predicted octanol–water partition coefficient (Wildman–Crippen LogP) is 21.3. The molecule has 6 rings (SSSR count). The van der Waals surface area contributed by atoms with Crippen LogP contribution in [0.15, 0.2) is 61.2 Å². The third-order valence-electron chi connectivity index (χ3n) is 17.3. The third-order valence-corrected chi connectivity index (χ3v) is 17.3. The van der Waals surface area contributed by atoms with E-state index in [2.05, 4.69) is 47.6 Å². The Kier molecular flexibility index (Phi) is 34.3. The van der Waals surface area contributed by atoms with Crippen LogP contribution < -0.4 is 0 Å². The number of benzene rings is 2. The van der Waals surface area contributed by atoms with Crippen molar-refractivity contribution in [3.8, 4) is 22.8 Å². The van der Waals surface area contributed by atoms with Gasteiger partial charge < -0.3 is 9.47 Å². The molecule has 81 heavy (non-hydrogen) atoms. The normalized spacial score (nSPS) is 17.1. The van der Waals surface area contributed by atoms with Crippen LogP contribution in [0.5, 0.6) is 0 Å². The van der Waals surface area contributed by atoms with E-state index >= 15 is 0 Å². The lowest BCUT2D eigenvalue weighted by Gasteiger charge is -2.28. The van der Waals surface area contributed by atoms with Crippen molar-refractivity contribution < 1.29 is 27.8 Å². The van der Waals surface area contributed by atoms with Crippen molar-refractivity contribution in [3.63, 3.8) is 0 Å². The van der Waals surface area contributed by atoms with Crippen LogP contribution in [0.4, 0.5) is 8.78 Å². The van der Waals surface area contributed by atoms with E-state index in [1.165, 1.54) is 210 Å². The number of rotatable bonds is 39. The molecule has 2 aliphatic rings. The van der Waals surface area contributed by atoms with Gasteiger partial charge in [-0.25, -0.2) is 38.3 Å². The van der Waals surface area contributed by atoms with Gasteiger partial charge in [-0.3, -0.25) is 0 Å². The molecule has 0 N–H and O–H groups in total. The molecule has 0 amide bonds. The van der Waals surface area contributed by atoms with Gasteiger partial charge in [-0.2, -0.15) is 0 Å². The minimum absolute atomic E-state index is 0.00902. The van der Waals surface area contributed by atoms with Gasteiger partial charge in [0, 0.05) is 35.9 Å². The fourth-order valence-electron chi connectivity index (χ4n) is 11.9. The van der Waals surface area contributed by atoms with Gasteiger partial charge in [-0.05, 0) is 124 Å². The maximum Gasteiger partial charge on any atom is 0.341 e. The van der Waals surface area contributed by atoms with Crippen LogP contribution >= 0.6 is 0 Å². The molecule has 2 aromatic heterocycles. The molecule has 0 atom stereocenters. The first-order valence-corrected chi connectivity index (χ1v) is 33.3. The number of unbranched alkanes of at least 4 members (excludes halogenated alkanes) is 25. The first-order valence-electron chi connectivity index (χ1n) is 33.3. The van der Waals surface area contributed by atoms with Crippen LogP contribution in [0.1, 0.15) is 310 Å². The van der Waals surface area contributed by atoms with E-state index in [1.54, 1.807) is 12.1 Å². The summed E-state index contributed by atoms with van der Waals surface area (Å²) in [6.07, 6.45) is 57.6. The van der Waals surface area contributed by atoms with E-state index < -0.39 is 23.6 Å². The van der Waals surface area contributed by atoms with Gasteiger partial charge in [0.05, 0.1) is 11.1 Å². The number of aromatic nitrogens is 4. The monoisotopic (exact) mass is 1120 g/mol. The van der Waals surface area contributed by atoms with Gasteiger partial charge >= 0.3 is 11.9 Å². The highest BCUT2D eigenvalue weighted by Gasteiger charge is 2.27. The molecular weight excluding hydrogens is 1010 g/mol. The second-order valence-corrected chi connectivity index (χ2v) is 24.2. The summed E-state index contributed by atoms with van der Waals surface area (Å²) in [5.74, 6) is 0.144. The predicted molar refractivity (Wildman–Crippen MR) is 330 cm³/mol. The molecule has 2 aliphatic carbocycles. The summed E-state index contributed by atoms with van der Waals surface area (Å²) in [6.45, 7) is 9.01. The van der Waals surface area contributed by atoms with Gasteiger partial charge in [0.15, 0.2) is 11.6 Å². The number of hydrogen-bond donors (Lipinski definition) is 0. The highest BCUT2D eigenvalue weighted by Crippen LogP contribution is 2.33. The molecule has 0 spiro atoms. The topological polar surface area (TPSA) is 104 Å². The van der Waals surface area contributed by atoms with Gasteiger partial charge in [0.25, 0.3) is 0 Å². The van der Waals surface area contributed by atoms with Crippen molar-refractivity contribution in [1.82, 2.24) is 19.9 Å². The first-order chi connectivity index (χ1) is 39.7. The molecule has 2 heterocycles. The fourth-order valence-corrected chi connectivity index (χ4v) is 11.9. The van der Waals surface area contributed by atoms with Crippen LogP contribution in [0.3, 0.4) is 0 Å². The third kappa shape index (κ3) is 27.1. The molecule has 0 bridgehead atoms. The first kappa shape index (κ1) is 67.2. The lowest BCUT2D eigenvalue weighted by atomic mass is 9.84. The van der Waals surface area contributed by atoms with Crippen molar-refractivity contribution in [2.45, 2.75) is 303 Å². The Balaban J connectivity index is 0.000000297. The summed E-state index contributed by atoms with van der Waals surface area (Å²) in [6, 6.07) is 9.15. The van der Waals surface area contributed by atoms with Crippen LogP contribution in [0, 0.1) is 23.5 Å². The Labute approximate surface area is 490 Å². The van der Waals surface area contributed by atoms with E-state index in [9.17, 15) is 18.4 Å². The zero-order chi connectivity index (χ0) is 57.5. The molecule has 4 aromatic rings. The summed E-state index contributed by atoms with van der Waals surface area (Å²) < 4.78 is 41.3. The number of ether oxygens (including phenoxy) is 2. The largest absolute Gasteiger partial charge is 0.459 e. The molecule has 450 valence electrons. The van der Waals surface area contributed by atoms with E-state index in [4.69, 9.17) is 9.47 Å². The Morgan fingerprint density at radius 3 is 0.975 bits per heavy atom. The van der Waals surface area contributed by atoms with E-state index in [0.717, 1.165) is 100 Å². The quantitative estimate of drug-likeness (QED) is 0.0321. The summed E-state index contributed by atoms with van der Waals surface area (Å²) >= 11 is 0. The van der Waals surface area contributed by atoms with Gasteiger partial charge in [-0.1, -0.05) is 226 Å². The number of hydrogen-bond acceptors (Lipinski definition) is 8. The van der Waals surface area contributed by atoms with Crippen molar-refractivity contribution >= 4 is 11.9 Å². The standard InChI is InChI=1S/C36H55FN2O2.C35H53FN2O2/c1-3-5-7-9-11-13-15-17-19-30-27-38-35(39-28-30)31-22-25-33(34(37)26-31)36(40)41-32-23-20-29(21-24-32)18-16-14-12-10-8-6-4-2;1-3-5-7-9-11-12-14-16-18-29-26-37-34(38-27-29)30-21-24-32(33(36)25-30)35(39)40-31-22-19-28(20-23-31)17-15-13-10-8-6-4-2/h22,25-29,32H,3-21,23-24H2,1-2H3;21,24-28,31H,3-20,22-23H2,1-2H3. The molecular formula is C71H108F2N4O4. The maximum absolute atomic E-state index is 14.9. The number of halogens is 2. The molecule has 2 fully saturated rings. The summed E-state index contributed by atoms with van der Waals surface area (Å²) in [4.78, 5) is 43.3. The molecule has 8 nitrogen and oxygen atoms in total. The van der Waals surface area contributed by atoms with Crippen LogP contribution in [-0.2, 0) is 22.3 Å². The molecule has 2 saturated carbocycles. The Morgan fingerprint density at radius 1 is 0.395 bits per heavy atom. The summed E-state index contributed by atoms with van der Waals surface area (Å²) in [5, 5.41) is 0. The van der Waals surface area contributed by atoms with Crippen LogP contribution in [0.25, 0.3) is 22.8 Å². The lowest BCUT2D eigenvalue weighted by Crippen LogP contribution is -2.25. The number of esters is 2. The Bertz CT molecular complexity index is 2280. The highest BCUT2D eigenvalue weighted by molar-refractivity contribution is 5.91. The van der Waals surface area contributed by atoms with Gasteiger partial charge in [0.1, 0.15) is 23.8 Å². The SMILES string of the molecule is CCCCCCCCCCc1cnc(-c2ccc(C(=O)OC3CCC(CCCCCCCC)CC3)c(F)c2)nc1.CCCCCCCCCCc1cnc(-c2ccc(C(=O)OC3CCC(CCCCCCCCC)CC3)c(F)c2)nc1. The minimum Gasteiger partial charge on any atom is -0.459 e. The molecule has 10 heteroatoms. The van der Waals surface area contributed by atoms with E-state index in [1.807, 2.05) is 24.8 Å². The van der Waals surface area contributed by atoms with Gasteiger partial charge in [0.2, 0.25) is 0 Å². The second kappa shape index (κ2) is 41.4. The Morgan fingerprint density at radius 2 is 0.679 bits per heavy atom. The zero-order valence-corrected chi connectivity index (χ0v) is 51.3. The number of aryl methyl sites for hydroxylation is 2. The molecule has 0 saturated heterocycles. The molecule has 0 aliphatic heterocycles. The number of carbonyl (C=O) groups is 2. The molecule has 2 aromatic carbocycles. The van der Waals surface area contributed by atoms with Crippen LogP contribution in [0.2, 0.25) is 0 Å². The molecule has 0 radical (unpaired) electrons. The average Bonchev–Trinajstić information content (AvgIpc) is 3.51.